The molecule has 3 atom stereocenters. The Morgan fingerprint density at radius 2 is 2.00 bits per heavy atom. The van der Waals surface area contributed by atoms with Gasteiger partial charge in [0, 0.05) is 0 Å². The number of hydrogen-bond donors (Lipinski definition) is 0. The van der Waals surface area contributed by atoms with Gasteiger partial charge in [-0.05, 0) is 51.4 Å². The lowest BCUT2D eigenvalue weighted by Gasteiger charge is -2.22. The van der Waals surface area contributed by atoms with E-state index in [4.69, 9.17) is 9.47 Å². The van der Waals surface area contributed by atoms with Gasteiger partial charge in [-0.2, -0.15) is 0 Å². The van der Waals surface area contributed by atoms with Crippen molar-refractivity contribution in [1.29, 1.82) is 0 Å². The molecule has 3 nitrogen and oxygen atoms in total. The highest BCUT2D eigenvalue weighted by Gasteiger charge is 2.37. The van der Waals surface area contributed by atoms with E-state index in [2.05, 4.69) is 0 Å². The van der Waals surface area contributed by atoms with Crippen molar-refractivity contribution in [3.63, 3.8) is 0 Å². The maximum atomic E-state index is 11.5. The molecule has 0 aromatic rings. The first-order chi connectivity index (χ1) is 7.94. The maximum absolute atomic E-state index is 11.5. The van der Waals surface area contributed by atoms with Crippen molar-refractivity contribution in [3.05, 3.63) is 0 Å². The van der Waals surface area contributed by atoms with Gasteiger partial charge in [-0.15, -0.1) is 0 Å². The van der Waals surface area contributed by atoms with Crippen LogP contribution >= 0.6 is 0 Å². The molecule has 0 aromatic carbocycles. The molecule has 2 aliphatic rings. The van der Waals surface area contributed by atoms with Gasteiger partial charge in [-0.1, -0.05) is 19.3 Å². The third kappa shape index (κ3) is 3.62. The molecule has 98 valence electrons. The molecule has 0 N–H and O–H groups in total. The minimum Gasteiger partial charge on any atom is -0.434 e. The van der Waals surface area contributed by atoms with E-state index in [1.807, 2.05) is 20.8 Å². The first kappa shape index (κ1) is 12.7. The smallest absolute Gasteiger partial charge is 0.434 e. The molecule has 17 heavy (non-hydrogen) atoms. The summed E-state index contributed by atoms with van der Waals surface area (Å²) in [5.74, 6) is 2.26. The van der Waals surface area contributed by atoms with E-state index in [0.29, 0.717) is 12.5 Å². The molecule has 0 aromatic heterocycles. The summed E-state index contributed by atoms with van der Waals surface area (Å²) >= 11 is 0. The Balaban J connectivity index is 1.73. The van der Waals surface area contributed by atoms with Crippen molar-refractivity contribution in [2.24, 2.45) is 17.8 Å². The average molecular weight is 240 g/mol. The summed E-state index contributed by atoms with van der Waals surface area (Å²) in [6.07, 6.45) is 6.13. The standard InChI is InChI=1S/C14H24O3/c1-14(2,3)17-13(15)16-9-12-8-10-5-4-6-11(12)7-10/h10-12H,4-9H2,1-3H3. The van der Waals surface area contributed by atoms with Crippen LogP contribution in [0.2, 0.25) is 0 Å². The first-order valence-corrected chi connectivity index (χ1v) is 6.80. The molecule has 0 amide bonds. The van der Waals surface area contributed by atoms with Gasteiger partial charge in [-0.25, -0.2) is 4.79 Å². The molecule has 0 aliphatic heterocycles. The molecule has 0 radical (unpaired) electrons. The molecule has 0 saturated heterocycles. The van der Waals surface area contributed by atoms with Crippen LogP contribution in [0.4, 0.5) is 4.79 Å². The molecule has 2 aliphatic carbocycles. The molecule has 2 rings (SSSR count). The zero-order valence-corrected chi connectivity index (χ0v) is 11.2. The second kappa shape index (κ2) is 4.87. The summed E-state index contributed by atoms with van der Waals surface area (Å²) < 4.78 is 10.4. The van der Waals surface area contributed by atoms with Crippen molar-refractivity contribution in [3.8, 4) is 0 Å². The van der Waals surface area contributed by atoms with Crippen molar-refractivity contribution in [2.45, 2.75) is 58.5 Å². The highest BCUT2D eigenvalue weighted by atomic mass is 16.7. The normalized spacial score (nSPS) is 32.3. The fraction of sp³-hybridized carbons (Fsp3) is 0.929. The van der Waals surface area contributed by atoms with Gasteiger partial charge < -0.3 is 9.47 Å². The topological polar surface area (TPSA) is 35.5 Å². The number of fused-ring (bicyclic) bond motifs is 2. The van der Waals surface area contributed by atoms with Crippen molar-refractivity contribution in [1.82, 2.24) is 0 Å². The van der Waals surface area contributed by atoms with E-state index in [9.17, 15) is 4.79 Å². The summed E-state index contributed by atoms with van der Waals surface area (Å²) in [7, 11) is 0. The van der Waals surface area contributed by atoms with Crippen LogP contribution < -0.4 is 0 Å². The summed E-state index contributed by atoms with van der Waals surface area (Å²) in [6.45, 7) is 6.13. The second-order valence-corrected chi connectivity index (χ2v) is 6.56. The van der Waals surface area contributed by atoms with Crippen molar-refractivity contribution < 1.29 is 14.3 Å². The number of ether oxygens (including phenoxy) is 2. The number of rotatable bonds is 2. The number of carbonyl (C=O) groups excluding carboxylic acids is 1. The van der Waals surface area contributed by atoms with E-state index in [1.165, 1.54) is 32.1 Å². The van der Waals surface area contributed by atoms with Gasteiger partial charge in [0.25, 0.3) is 0 Å². The van der Waals surface area contributed by atoms with Gasteiger partial charge >= 0.3 is 6.16 Å². The molecule has 0 heterocycles. The number of hydrogen-bond acceptors (Lipinski definition) is 3. The van der Waals surface area contributed by atoms with Gasteiger partial charge in [0.1, 0.15) is 5.60 Å². The summed E-state index contributed by atoms with van der Waals surface area (Å²) in [4.78, 5) is 11.5. The third-order valence-corrected chi connectivity index (χ3v) is 3.93. The zero-order valence-electron chi connectivity index (χ0n) is 11.2. The molecular formula is C14H24O3. The molecule has 3 unspecified atom stereocenters. The van der Waals surface area contributed by atoms with Crippen molar-refractivity contribution >= 4 is 6.16 Å². The van der Waals surface area contributed by atoms with Crippen LogP contribution in [0.1, 0.15) is 52.9 Å². The summed E-state index contributed by atoms with van der Waals surface area (Å²) in [5.41, 5.74) is -0.456. The van der Waals surface area contributed by atoms with Crippen LogP contribution in [0.25, 0.3) is 0 Å². The fourth-order valence-corrected chi connectivity index (χ4v) is 3.25. The molecule has 0 spiro atoms. The molecule has 2 bridgehead atoms. The van der Waals surface area contributed by atoms with E-state index < -0.39 is 11.8 Å². The highest BCUT2D eigenvalue weighted by molar-refractivity contribution is 5.60. The lowest BCUT2D eigenvalue weighted by atomic mass is 9.87. The fourth-order valence-electron chi connectivity index (χ4n) is 3.25. The lowest BCUT2D eigenvalue weighted by molar-refractivity contribution is -0.0154. The van der Waals surface area contributed by atoms with E-state index in [-0.39, 0.29) is 0 Å². The van der Waals surface area contributed by atoms with Crippen LogP contribution in [0.5, 0.6) is 0 Å². The Morgan fingerprint density at radius 3 is 2.65 bits per heavy atom. The largest absolute Gasteiger partial charge is 0.508 e. The third-order valence-electron chi connectivity index (χ3n) is 3.93. The van der Waals surface area contributed by atoms with E-state index in [0.717, 1.165) is 11.8 Å². The highest BCUT2D eigenvalue weighted by Crippen LogP contribution is 2.45. The SMILES string of the molecule is CC(C)(C)OC(=O)OCC1CC2CCCC1C2. The lowest BCUT2D eigenvalue weighted by Crippen LogP contribution is -2.26. The summed E-state index contributed by atoms with van der Waals surface area (Å²) in [6, 6.07) is 0. The average Bonchev–Trinajstić information content (AvgIpc) is 2.48. The van der Waals surface area contributed by atoms with E-state index in [1.54, 1.807) is 0 Å². The monoisotopic (exact) mass is 240 g/mol. The van der Waals surface area contributed by atoms with Gasteiger partial charge in [-0.3, -0.25) is 0 Å². The van der Waals surface area contributed by atoms with Crippen LogP contribution in [0.15, 0.2) is 0 Å². The Bertz CT molecular complexity index is 280. The predicted molar refractivity (Wildman–Crippen MR) is 65.7 cm³/mol. The minimum atomic E-state index is -0.515. The first-order valence-electron chi connectivity index (χ1n) is 6.80. The van der Waals surface area contributed by atoms with Gasteiger partial charge in [0.2, 0.25) is 0 Å². The molecule has 2 saturated carbocycles. The Labute approximate surface area is 104 Å². The number of carbonyl (C=O) groups is 1. The quantitative estimate of drug-likeness (QED) is 0.689. The molecule has 3 heteroatoms. The summed E-state index contributed by atoms with van der Waals surface area (Å²) in [5, 5.41) is 0. The Hall–Kier alpha value is -0.730. The van der Waals surface area contributed by atoms with Crippen LogP contribution in [-0.4, -0.2) is 18.4 Å². The molecular weight excluding hydrogens is 216 g/mol. The zero-order chi connectivity index (χ0) is 12.5. The molecule has 2 fully saturated rings. The van der Waals surface area contributed by atoms with Crippen LogP contribution in [0, 0.1) is 17.8 Å². The van der Waals surface area contributed by atoms with Gasteiger partial charge in [0.15, 0.2) is 0 Å². The minimum absolute atomic E-state index is 0.456. The Kier molecular flexibility index (Phi) is 3.64. The predicted octanol–water partition coefficient (Wildman–Crippen LogP) is 3.76. The second-order valence-electron chi connectivity index (χ2n) is 6.56. The van der Waals surface area contributed by atoms with E-state index >= 15 is 0 Å². The van der Waals surface area contributed by atoms with Crippen LogP contribution in [-0.2, 0) is 9.47 Å². The Morgan fingerprint density at radius 1 is 1.24 bits per heavy atom. The van der Waals surface area contributed by atoms with Crippen LogP contribution in [0.3, 0.4) is 0 Å². The van der Waals surface area contributed by atoms with Gasteiger partial charge in [0.05, 0.1) is 6.61 Å². The van der Waals surface area contributed by atoms with Crippen molar-refractivity contribution in [2.75, 3.05) is 6.61 Å². The maximum Gasteiger partial charge on any atom is 0.508 e.